The minimum Gasteiger partial charge on any atom is -0.474 e. The van der Waals surface area contributed by atoms with Crippen LogP contribution < -0.4 is 4.74 Å². The molecule has 5 aromatic rings. The van der Waals surface area contributed by atoms with Crippen LogP contribution in [0.25, 0.3) is 33.2 Å². The molecule has 0 amide bonds. The van der Waals surface area contributed by atoms with Crippen LogP contribution in [0.1, 0.15) is 44.0 Å². The molecule has 41 heavy (non-hydrogen) atoms. The van der Waals surface area contributed by atoms with Gasteiger partial charge in [-0.2, -0.15) is 0 Å². The summed E-state index contributed by atoms with van der Waals surface area (Å²) in [7, 11) is -1.82. The van der Waals surface area contributed by atoms with E-state index in [1.54, 1.807) is 10.9 Å². The van der Waals surface area contributed by atoms with Gasteiger partial charge in [0.1, 0.15) is 10.4 Å². The second kappa shape index (κ2) is 10.5. The number of hydrogen-bond acceptors (Lipinski definition) is 8. The van der Waals surface area contributed by atoms with E-state index in [2.05, 4.69) is 38.1 Å². The van der Waals surface area contributed by atoms with E-state index in [-0.39, 0.29) is 23.0 Å². The molecule has 0 bridgehead atoms. The summed E-state index contributed by atoms with van der Waals surface area (Å²) in [6.07, 6.45) is 5.95. The van der Waals surface area contributed by atoms with Gasteiger partial charge in [0.15, 0.2) is 9.84 Å². The number of benzene rings is 1. The lowest BCUT2D eigenvalue weighted by atomic mass is 9.86. The maximum absolute atomic E-state index is 13.3. The SMILES string of the molecule is Cc1nnn(C)c1-c1cnc2c3c(OC(C)C)ncc(S(C)(=O)=O)c3n([C@H](c3ccccc3)C3CCOCC3)c2c1. The number of ether oxygens (including phenoxy) is 2. The zero-order valence-corrected chi connectivity index (χ0v) is 24.7. The van der Waals surface area contributed by atoms with Gasteiger partial charge < -0.3 is 14.0 Å². The Morgan fingerprint density at radius 1 is 1.07 bits per heavy atom. The molecule has 5 heterocycles. The average molecular weight is 575 g/mol. The number of hydrogen-bond donors (Lipinski definition) is 0. The Morgan fingerprint density at radius 2 is 1.80 bits per heavy atom. The topological polar surface area (TPSA) is 114 Å². The Kier molecular flexibility index (Phi) is 7.03. The third-order valence-corrected chi connectivity index (χ3v) is 8.83. The molecular weight excluding hydrogens is 540 g/mol. The second-order valence-electron chi connectivity index (χ2n) is 11.0. The molecule has 1 aliphatic heterocycles. The molecule has 0 radical (unpaired) electrons. The van der Waals surface area contributed by atoms with Crippen molar-refractivity contribution in [2.24, 2.45) is 13.0 Å². The van der Waals surface area contributed by atoms with E-state index in [1.165, 1.54) is 12.5 Å². The highest BCUT2D eigenvalue weighted by atomic mass is 32.2. The number of rotatable bonds is 7. The standard InChI is InChI=1S/C30H34N6O4S/c1-18(2)40-30-25-26-23(15-22(16-31-26)27-19(3)33-34-35(27)4)36(29(25)24(17-32-30)41(5,37)38)28(20-9-7-6-8-10-20)21-11-13-39-14-12-21/h6-10,15-18,21,28H,11-14H2,1-5H3/t28-/m1/s1. The number of pyridine rings is 2. The van der Waals surface area contributed by atoms with Gasteiger partial charge in [-0.3, -0.25) is 4.98 Å². The predicted molar refractivity (Wildman–Crippen MR) is 157 cm³/mol. The molecule has 1 atom stereocenters. The summed E-state index contributed by atoms with van der Waals surface area (Å²) in [5, 5.41) is 9.03. The maximum atomic E-state index is 13.3. The highest BCUT2D eigenvalue weighted by Gasteiger charge is 2.34. The molecule has 0 saturated carbocycles. The summed E-state index contributed by atoms with van der Waals surface area (Å²) >= 11 is 0. The molecule has 1 aromatic carbocycles. The van der Waals surface area contributed by atoms with E-state index in [9.17, 15) is 8.42 Å². The highest BCUT2D eigenvalue weighted by molar-refractivity contribution is 7.91. The Balaban J connectivity index is 1.79. The first kappa shape index (κ1) is 27.3. The second-order valence-corrected chi connectivity index (χ2v) is 13.0. The monoisotopic (exact) mass is 574 g/mol. The molecule has 11 heteroatoms. The first-order valence-electron chi connectivity index (χ1n) is 13.8. The molecule has 1 saturated heterocycles. The maximum Gasteiger partial charge on any atom is 0.225 e. The van der Waals surface area contributed by atoms with E-state index in [1.807, 2.05) is 46.0 Å². The zero-order chi connectivity index (χ0) is 28.9. The molecule has 4 aromatic heterocycles. The van der Waals surface area contributed by atoms with E-state index < -0.39 is 9.84 Å². The van der Waals surface area contributed by atoms with Crippen LogP contribution in [-0.2, 0) is 21.6 Å². The Hall–Kier alpha value is -3.83. The Morgan fingerprint density at radius 3 is 2.44 bits per heavy atom. The summed E-state index contributed by atoms with van der Waals surface area (Å²) in [5.41, 5.74) is 5.54. The molecule has 6 rings (SSSR count). The van der Waals surface area contributed by atoms with Crippen molar-refractivity contribution in [3.05, 3.63) is 60.0 Å². The number of sulfone groups is 1. The number of aromatic nitrogens is 6. The minimum atomic E-state index is -3.67. The highest BCUT2D eigenvalue weighted by Crippen LogP contribution is 2.45. The van der Waals surface area contributed by atoms with Crippen LogP contribution in [-0.4, -0.2) is 63.5 Å². The lowest BCUT2D eigenvalue weighted by Crippen LogP contribution is -2.27. The van der Waals surface area contributed by atoms with Crippen molar-refractivity contribution < 1.29 is 17.9 Å². The van der Waals surface area contributed by atoms with E-state index in [0.717, 1.165) is 40.9 Å². The van der Waals surface area contributed by atoms with Crippen molar-refractivity contribution in [1.82, 2.24) is 29.5 Å². The fourth-order valence-electron chi connectivity index (χ4n) is 6.04. The number of fused-ring (bicyclic) bond motifs is 3. The number of nitrogens with zero attached hydrogens (tertiary/aromatic N) is 6. The van der Waals surface area contributed by atoms with Crippen LogP contribution >= 0.6 is 0 Å². The summed E-state index contributed by atoms with van der Waals surface area (Å²) in [4.78, 5) is 9.62. The van der Waals surface area contributed by atoms with Crippen LogP contribution in [0.5, 0.6) is 5.88 Å². The smallest absolute Gasteiger partial charge is 0.225 e. The first-order valence-corrected chi connectivity index (χ1v) is 15.7. The molecule has 1 aliphatic rings. The molecule has 0 spiro atoms. The van der Waals surface area contributed by atoms with Crippen molar-refractivity contribution in [3.8, 4) is 17.1 Å². The van der Waals surface area contributed by atoms with Gasteiger partial charge in [0.25, 0.3) is 0 Å². The largest absolute Gasteiger partial charge is 0.474 e. The predicted octanol–water partition coefficient (Wildman–Crippen LogP) is 4.90. The summed E-state index contributed by atoms with van der Waals surface area (Å²) in [6, 6.07) is 12.1. The Bertz CT molecular complexity index is 1820. The van der Waals surface area contributed by atoms with Crippen molar-refractivity contribution in [2.45, 2.75) is 50.7 Å². The van der Waals surface area contributed by atoms with Gasteiger partial charge in [-0.15, -0.1) is 5.10 Å². The summed E-state index contributed by atoms with van der Waals surface area (Å²) in [6.45, 7) is 7.07. The van der Waals surface area contributed by atoms with Crippen molar-refractivity contribution in [1.29, 1.82) is 0 Å². The van der Waals surface area contributed by atoms with Gasteiger partial charge in [-0.1, -0.05) is 35.5 Å². The molecule has 0 N–H and O–H groups in total. The minimum absolute atomic E-state index is 0.148. The lowest BCUT2D eigenvalue weighted by Gasteiger charge is -2.33. The van der Waals surface area contributed by atoms with Gasteiger partial charge in [0, 0.05) is 38.3 Å². The molecule has 0 aliphatic carbocycles. The zero-order valence-electron chi connectivity index (χ0n) is 23.9. The van der Waals surface area contributed by atoms with Crippen LogP contribution in [0.2, 0.25) is 0 Å². The number of aryl methyl sites for hydroxylation is 2. The molecular formula is C30H34N6O4S. The lowest BCUT2D eigenvalue weighted by molar-refractivity contribution is 0.0552. The van der Waals surface area contributed by atoms with Crippen LogP contribution in [0.4, 0.5) is 0 Å². The van der Waals surface area contributed by atoms with E-state index >= 15 is 0 Å². The van der Waals surface area contributed by atoms with E-state index in [0.29, 0.717) is 35.5 Å². The average Bonchev–Trinajstić information content (AvgIpc) is 3.45. The quantitative estimate of drug-likeness (QED) is 0.270. The summed E-state index contributed by atoms with van der Waals surface area (Å²) in [5.74, 6) is 0.562. The van der Waals surface area contributed by atoms with Gasteiger partial charge >= 0.3 is 0 Å². The first-order chi connectivity index (χ1) is 19.6. The van der Waals surface area contributed by atoms with Crippen LogP contribution in [0.15, 0.2) is 53.7 Å². The fraction of sp³-hybridized carbons (Fsp3) is 0.400. The van der Waals surface area contributed by atoms with Gasteiger partial charge in [-0.05, 0) is 51.2 Å². The van der Waals surface area contributed by atoms with Crippen LogP contribution in [0, 0.1) is 12.8 Å². The van der Waals surface area contributed by atoms with E-state index in [4.69, 9.17) is 14.5 Å². The van der Waals surface area contributed by atoms with Gasteiger partial charge in [-0.25, -0.2) is 18.1 Å². The fourth-order valence-corrected chi connectivity index (χ4v) is 6.84. The Labute approximate surface area is 239 Å². The van der Waals surface area contributed by atoms with Gasteiger partial charge in [0.05, 0.1) is 46.2 Å². The van der Waals surface area contributed by atoms with Crippen LogP contribution in [0.3, 0.4) is 0 Å². The normalized spacial score (nSPS) is 15.7. The third kappa shape index (κ3) is 4.87. The van der Waals surface area contributed by atoms with Crippen molar-refractivity contribution in [3.63, 3.8) is 0 Å². The van der Waals surface area contributed by atoms with Crippen molar-refractivity contribution >= 4 is 31.8 Å². The molecule has 1 fully saturated rings. The third-order valence-electron chi connectivity index (χ3n) is 7.74. The summed E-state index contributed by atoms with van der Waals surface area (Å²) < 4.78 is 42.5. The van der Waals surface area contributed by atoms with Gasteiger partial charge in [0.2, 0.25) is 5.88 Å². The van der Waals surface area contributed by atoms with Crippen molar-refractivity contribution in [2.75, 3.05) is 19.5 Å². The molecule has 214 valence electrons. The molecule has 10 nitrogen and oxygen atoms in total. The molecule has 0 unspecified atom stereocenters.